The van der Waals surface area contributed by atoms with Crippen LogP contribution in [0.1, 0.15) is 18.9 Å². The number of nitrogens with zero attached hydrogens (tertiary/aromatic N) is 2. The van der Waals surface area contributed by atoms with E-state index in [1.165, 1.54) is 6.92 Å². The molecule has 1 aliphatic heterocycles. The molecule has 2 heterocycles. The second-order valence-corrected chi connectivity index (χ2v) is 8.25. The van der Waals surface area contributed by atoms with Crippen LogP contribution in [0, 0.1) is 0 Å². The Morgan fingerprint density at radius 2 is 2.06 bits per heavy atom. The highest BCUT2D eigenvalue weighted by Crippen LogP contribution is 2.32. The van der Waals surface area contributed by atoms with Crippen molar-refractivity contribution in [1.29, 1.82) is 0 Å². The van der Waals surface area contributed by atoms with Crippen LogP contribution in [-0.4, -0.2) is 40.6 Å². The molecule has 2 atom stereocenters. The average molecular weight is 492 g/mol. The largest absolute Gasteiger partial charge is 0.489 e. The van der Waals surface area contributed by atoms with Gasteiger partial charge in [-0.1, -0.05) is 35.9 Å². The molecule has 9 heteroatoms. The number of para-hydroxylation sites is 2. The van der Waals surface area contributed by atoms with Crippen LogP contribution in [0.3, 0.4) is 0 Å². The normalized spacial score (nSPS) is 19.6. The molecule has 4 rings (SSSR count). The minimum Gasteiger partial charge on any atom is -0.489 e. The number of benzene rings is 2. The first kappa shape index (κ1) is 25.1. The van der Waals surface area contributed by atoms with E-state index in [1.54, 1.807) is 18.6 Å². The summed E-state index contributed by atoms with van der Waals surface area (Å²) in [6.07, 6.45) is 6.60. The Morgan fingerprint density at radius 1 is 1.27 bits per heavy atom. The quantitative estimate of drug-likeness (QED) is 0.467. The van der Waals surface area contributed by atoms with E-state index in [0.29, 0.717) is 42.6 Å². The smallest absolute Gasteiger partial charge is 0.221 e. The number of amides is 1. The number of carbonyl (C=O) groups is 1. The molecule has 0 saturated carbocycles. The van der Waals surface area contributed by atoms with Crippen LogP contribution in [0.2, 0.25) is 5.02 Å². The molecule has 0 radical (unpaired) electrons. The summed E-state index contributed by atoms with van der Waals surface area (Å²) in [5.74, 6) is -0.339. The Hall–Kier alpha value is -2.58. The molecule has 0 bridgehead atoms. The van der Waals surface area contributed by atoms with Gasteiger partial charge in [0.1, 0.15) is 18.5 Å². The van der Waals surface area contributed by atoms with Gasteiger partial charge in [0.05, 0.1) is 25.2 Å². The predicted molar refractivity (Wildman–Crippen MR) is 129 cm³/mol. The third-order valence-electron chi connectivity index (χ3n) is 5.23. The van der Waals surface area contributed by atoms with Crippen molar-refractivity contribution in [3.8, 4) is 5.75 Å². The average Bonchev–Trinajstić information content (AvgIpc) is 3.43. The number of anilines is 1. The zero-order valence-electron chi connectivity index (χ0n) is 18.3. The molecular formula is C24H27Cl2N3O4. The highest BCUT2D eigenvalue weighted by Gasteiger charge is 2.42. The number of aromatic nitrogens is 2. The van der Waals surface area contributed by atoms with Crippen molar-refractivity contribution in [2.45, 2.75) is 38.2 Å². The Bertz CT molecular complexity index is 1030. The molecule has 33 heavy (non-hydrogen) atoms. The predicted octanol–water partition coefficient (Wildman–Crippen LogP) is 4.74. The van der Waals surface area contributed by atoms with E-state index in [0.717, 1.165) is 12.0 Å². The van der Waals surface area contributed by atoms with E-state index in [4.69, 9.17) is 25.8 Å². The van der Waals surface area contributed by atoms with E-state index < -0.39 is 5.79 Å². The summed E-state index contributed by atoms with van der Waals surface area (Å²) in [5.41, 5.74) is 1.79. The Balaban J connectivity index is 0.00000306. The first-order valence-corrected chi connectivity index (χ1v) is 10.9. The lowest BCUT2D eigenvalue weighted by Gasteiger charge is -2.28. The van der Waals surface area contributed by atoms with E-state index in [2.05, 4.69) is 10.3 Å². The third-order valence-corrected chi connectivity index (χ3v) is 5.48. The Kier molecular flexibility index (Phi) is 8.74. The molecule has 1 amide bonds. The minimum atomic E-state index is -0.786. The van der Waals surface area contributed by atoms with Gasteiger partial charge < -0.3 is 24.1 Å². The highest BCUT2D eigenvalue weighted by molar-refractivity contribution is 6.30. The van der Waals surface area contributed by atoms with Crippen molar-refractivity contribution in [2.24, 2.45) is 0 Å². The van der Waals surface area contributed by atoms with Gasteiger partial charge in [0.25, 0.3) is 0 Å². The maximum Gasteiger partial charge on any atom is 0.221 e. The SMILES string of the molecule is CC(=O)Nc1ccccc1OCC1COC(CCc2ccc(Cl)cc2)(Cn2ccnc2)O1.Cl. The number of carbonyl (C=O) groups excluding carboxylic acids is 1. The molecule has 1 fully saturated rings. The molecular weight excluding hydrogens is 465 g/mol. The van der Waals surface area contributed by atoms with Crippen molar-refractivity contribution in [1.82, 2.24) is 9.55 Å². The number of hydrogen-bond donors (Lipinski definition) is 1. The summed E-state index contributed by atoms with van der Waals surface area (Å²) in [7, 11) is 0. The summed E-state index contributed by atoms with van der Waals surface area (Å²) in [4.78, 5) is 15.6. The lowest BCUT2D eigenvalue weighted by Crippen LogP contribution is -2.37. The zero-order valence-corrected chi connectivity index (χ0v) is 19.8. The maximum absolute atomic E-state index is 11.4. The number of nitrogens with one attached hydrogen (secondary N) is 1. The van der Waals surface area contributed by atoms with E-state index in [-0.39, 0.29) is 24.4 Å². The number of aryl methyl sites for hydroxylation is 1. The number of rotatable bonds is 9. The molecule has 176 valence electrons. The number of hydrogen-bond acceptors (Lipinski definition) is 5. The van der Waals surface area contributed by atoms with Gasteiger partial charge in [-0.05, 0) is 36.2 Å². The fourth-order valence-electron chi connectivity index (χ4n) is 3.70. The van der Waals surface area contributed by atoms with Gasteiger partial charge in [-0.3, -0.25) is 4.79 Å². The van der Waals surface area contributed by atoms with Gasteiger partial charge in [0, 0.05) is 30.8 Å². The van der Waals surface area contributed by atoms with Crippen molar-refractivity contribution in [2.75, 3.05) is 18.5 Å². The fraction of sp³-hybridized carbons (Fsp3) is 0.333. The van der Waals surface area contributed by atoms with E-state index in [9.17, 15) is 4.79 Å². The van der Waals surface area contributed by atoms with Crippen LogP contribution in [0.5, 0.6) is 5.75 Å². The third kappa shape index (κ3) is 6.95. The van der Waals surface area contributed by atoms with Crippen LogP contribution in [0.25, 0.3) is 0 Å². The summed E-state index contributed by atoms with van der Waals surface area (Å²) < 4.78 is 20.5. The first-order chi connectivity index (χ1) is 15.5. The minimum absolute atomic E-state index is 0. The monoisotopic (exact) mass is 491 g/mol. The van der Waals surface area contributed by atoms with Crippen molar-refractivity contribution < 1.29 is 19.0 Å². The number of ether oxygens (including phenoxy) is 3. The van der Waals surface area contributed by atoms with Crippen molar-refractivity contribution in [3.05, 3.63) is 77.8 Å². The molecule has 0 spiro atoms. The molecule has 1 N–H and O–H groups in total. The molecule has 2 aromatic carbocycles. The topological polar surface area (TPSA) is 74.6 Å². The van der Waals surface area contributed by atoms with E-state index >= 15 is 0 Å². The summed E-state index contributed by atoms with van der Waals surface area (Å²) in [6.45, 7) is 2.72. The van der Waals surface area contributed by atoms with E-state index in [1.807, 2.05) is 53.2 Å². The molecule has 1 saturated heterocycles. The van der Waals surface area contributed by atoms with Gasteiger partial charge in [0.2, 0.25) is 5.91 Å². The molecule has 1 aromatic heterocycles. The van der Waals surface area contributed by atoms with Crippen molar-refractivity contribution >= 4 is 35.6 Å². The van der Waals surface area contributed by atoms with Gasteiger partial charge >= 0.3 is 0 Å². The first-order valence-electron chi connectivity index (χ1n) is 10.5. The molecule has 1 aliphatic rings. The summed E-state index contributed by atoms with van der Waals surface area (Å²) in [6, 6.07) is 15.1. The van der Waals surface area contributed by atoms with Crippen LogP contribution >= 0.6 is 24.0 Å². The number of imidazole rings is 1. The second-order valence-electron chi connectivity index (χ2n) is 7.81. The van der Waals surface area contributed by atoms with Gasteiger partial charge in [-0.15, -0.1) is 12.4 Å². The second kappa shape index (κ2) is 11.5. The van der Waals surface area contributed by atoms with Crippen LogP contribution in [-0.2, 0) is 27.2 Å². The van der Waals surface area contributed by atoms with Crippen LogP contribution in [0.15, 0.2) is 67.3 Å². The van der Waals surface area contributed by atoms with Crippen molar-refractivity contribution in [3.63, 3.8) is 0 Å². The maximum atomic E-state index is 11.4. The Morgan fingerprint density at radius 3 is 2.79 bits per heavy atom. The van der Waals surface area contributed by atoms with Gasteiger partial charge in [-0.2, -0.15) is 0 Å². The summed E-state index contributed by atoms with van der Waals surface area (Å²) in [5, 5.41) is 3.50. The highest BCUT2D eigenvalue weighted by atomic mass is 35.5. The lowest BCUT2D eigenvalue weighted by atomic mass is 10.0. The lowest BCUT2D eigenvalue weighted by molar-refractivity contribution is -0.184. The van der Waals surface area contributed by atoms with Gasteiger partial charge in [-0.25, -0.2) is 4.98 Å². The Labute approximate surface area is 204 Å². The molecule has 2 unspecified atom stereocenters. The molecule has 7 nitrogen and oxygen atoms in total. The fourth-order valence-corrected chi connectivity index (χ4v) is 3.83. The standard InChI is InChI=1S/C24H26ClN3O4.ClH/c1-18(29)27-22-4-2-3-5-23(22)30-14-21-15-31-24(32-21,16-28-13-12-26-17-28)11-10-19-6-8-20(25)9-7-19;/h2-9,12-13,17,21H,10-11,14-16H2,1H3,(H,27,29);1H. The van der Waals surface area contributed by atoms with Crippen LogP contribution in [0.4, 0.5) is 5.69 Å². The van der Waals surface area contributed by atoms with Gasteiger partial charge in [0.15, 0.2) is 5.79 Å². The van der Waals surface area contributed by atoms with Crippen LogP contribution < -0.4 is 10.1 Å². The molecule has 3 aromatic rings. The summed E-state index contributed by atoms with van der Waals surface area (Å²) >= 11 is 6.01. The zero-order chi connectivity index (χ0) is 22.4. The number of halogens is 2. The molecule has 0 aliphatic carbocycles.